The van der Waals surface area contributed by atoms with Crippen molar-refractivity contribution in [3.63, 3.8) is 0 Å². The van der Waals surface area contributed by atoms with Crippen molar-refractivity contribution in [3.8, 4) is 5.75 Å². The molecule has 0 aliphatic heterocycles. The van der Waals surface area contributed by atoms with E-state index >= 15 is 0 Å². The molecule has 1 aromatic carbocycles. The van der Waals surface area contributed by atoms with Gasteiger partial charge < -0.3 is 4.74 Å². The first-order valence-corrected chi connectivity index (χ1v) is 9.58. The van der Waals surface area contributed by atoms with Crippen LogP contribution in [0.2, 0.25) is 5.02 Å². The highest BCUT2D eigenvalue weighted by Gasteiger charge is 2.29. The third-order valence-corrected chi connectivity index (χ3v) is 5.52. The van der Waals surface area contributed by atoms with Crippen LogP contribution in [0.15, 0.2) is 24.3 Å². The number of aromatic nitrogens is 4. The predicted molar refractivity (Wildman–Crippen MR) is 95.6 cm³/mol. The lowest BCUT2D eigenvalue weighted by atomic mass is 10.1. The van der Waals surface area contributed by atoms with Crippen LogP contribution in [-0.4, -0.2) is 25.6 Å². The summed E-state index contributed by atoms with van der Waals surface area (Å²) in [5.41, 5.74) is -0.561. The minimum atomic E-state index is -0.561. The minimum Gasteiger partial charge on any atom is -0.481 e. The van der Waals surface area contributed by atoms with Crippen molar-refractivity contribution < 1.29 is 4.74 Å². The van der Waals surface area contributed by atoms with Crippen LogP contribution in [0.3, 0.4) is 0 Å². The van der Waals surface area contributed by atoms with Gasteiger partial charge in [0, 0.05) is 5.02 Å². The highest BCUT2D eigenvalue weighted by Crippen LogP contribution is 2.31. The molecule has 0 unspecified atom stereocenters. The van der Waals surface area contributed by atoms with E-state index in [1.807, 2.05) is 42.6 Å². The normalized spacial score (nSPS) is 12.0. The van der Waals surface area contributed by atoms with Crippen molar-refractivity contribution in [1.82, 2.24) is 19.8 Å². The molecule has 0 spiro atoms. The van der Waals surface area contributed by atoms with Gasteiger partial charge in [-0.05, 0) is 43.9 Å². The van der Waals surface area contributed by atoms with Gasteiger partial charge in [0.25, 0.3) is 0 Å². The number of ether oxygens (including phenoxy) is 1. The van der Waals surface area contributed by atoms with Crippen LogP contribution in [0.25, 0.3) is 4.96 Å². The molecule has 0 aliphatic carbocycles. The summed E-state index contributed by atoms with van der Waals surface area (Å²) < 4.78 is 7.90. The maximum atomic E-state index is 6.09. The third kappa shape index (κ3) is 3.62. The second kappa shape index (κ2) is 6.67. The zero-order valence-electron chi connectivity index (χ0n) is 13.1. The molecule has 0 amide bonds. The summed E-state index contributed by atoms with van der Waals surface area (Å²) in [5, 5.41) is 14.6. The summed E-state index contributed by atoms with van der Waals surface area (Å²) in [6.45, 7) is 6.11. The van der Waals surface area contributed by atoms with E-state index < -0.39 is 5.60 Å². The Morgan fingerprint density at radius 3 is 2.70 bits per heavy atom. The van der Waals surface area contributed by atoms with Gasteiger partial charge in [0.2, 0.25) is 4.96 Å². The molecule has 0 saturated heterocycles. The van der Waals surface area contributed by atoms with Gasteiger partial charge in [-0.3, -0.25) is 0 Å². The summed E-state index contributed by atoms with van der Waals surface area (Å²) in [5.74, 6) is 3.47. The fourth-order valence-electron chi connectivity index (χ4n) is 2.03. The second-order valence-corrected chi connectivity index (χ2v) is 8.09. The van der Waals surface area contributed by atoms with Crippen molar-refractivity contribution in [1.29, 1.82) is 0 Å². The summed E-state index contributed by atoms with van der Waals surface area (Å²) in [6.07, 6.45) is 0. The van der Waals surface area contributed by atoms with Crippen molar-refractivity contribution >= 4 is 39.7 Å². The first-order chi connectivity index (χ1) is 11.0. The lowest BCUT2D eigenvalue weighted by Gasteiger charge is -2.23. The number of benzene rings is 1. The maximum absolute atomic E-state index is 6.09. The molecular weight excluding hydrogens is 352 g/mol. The molecule has 23 heavy (non-hydrogen) atoms. The fourth-order valence-corrected chi connectivity index (χ4v) is 3.61. The predicted octanol–water partition coefficient (Wildman–Crippen LogP) is 4.41. The van der Waals surface area contributed by atoms with E-state index in [4.69, 9.17) is 16.3 Å². The van der Waals surface area contributed by atoms with Gasteiger partial charge in [0.05, 0.1) is 5.75 Å². The van der Waals surface area contributed by atoms with Gasteiger partial charge in [-0.25, -0.2) is 0 Å². The van der Waals surface area contributed by atoms with Crippen molar-refractivity contribution in [3.05, 3.63) is 40.1 Å². The Hall–Kier alpha value is -1.31. The number of hydrogen-bond acceptors (Lipinski definition) is 6. The molecule has 2 aromatic heterocycles. The summed E-state index contributed by atoms with van der Waals surface area (Å²) >= 11 is 9.21. The van der Waals surface area contributed by atoms with Crippen molar-refractivity contribution in [2.75, 3.05) is 5.75 Å². The van der Waals surface area contributed by atoms with Crippen LogP contribution in [0.5, 0.6) is 5.75 Å². The lowest BCUT2D eigenvalue weighted by molar-refractivity contribution is 0.107. The molecule has 8 heteroatoms. The number of thioether (sulfide) groups is 1. The molecule has 0 N–H and O–H groups in total. The first kappa shape index (κ1) is 16.5. The quantitative estimate of drug-likeness (QED) is 0.645. The molecule has 3 rings (SSSR count). The van der Waals surface area contributed by atoms with Crippen molar-refractivity contribution in [2.45, 2.75) is 32.1 Å². The van der Waals surface area contributed by atoms with Crippen molar-refractivity contribution in [2.24, 2.45) is 0 Å². The van der Waals surface area contributed by atoms with E-state index in [2.05, 4.69) is 22.2 Å². The molecule has 0 fully saturated rings. The standard InChI is InChI=1S/C15H17ClN4OS2/c1-4-22-9-12-17-18-14-20(12)19-13(23-14)15(2,3)21-11-7-5-10(16)6-8-11/h5-8H,4,9H2,1-3H3. The number of nitrogens with zero attached hydrogens (tertiary/aromatic N) is 4. The summed E-state index contributed by atoms with van der Waals surface area (Å²) in [6, 6.07) is 7.33. The molecule has 0 bridgehead atoms. The van der Waals surface area contributed by atoms with Crippen LogP contribution in [0, 0.1) is 0 Å². The molecule has 2 heterocycles. The van der Waals surface area contributed by atoms with Crippen LogP contribution in [0.1, 0.15) is 31.6 Å². The Morgan fingerprint density at radius 2 is 2.00 bits per heavy atom. The van der Waals surface area contributed by atoms with Gasteiger partial charge >= 0.3 is 0 Å². The topological polar surface area (TPSA) is 52.3 Å². The van der Waals surface area contributed by atoms with E-state index in [9.17, 15) is 0 Å². The van der Waals surface area contributed by atoms with E-state index in [0.29, 0.717) is 5.02 Å². The molecule has 0 saturated carbocycles. The SMILES string of the molecule is CCSCc1nnc2sc(C(C)(C)Oc3ccc(Cl)cc3)nn12. The molecule has 0 radical (unpaired) electrons. The Balaban J connectivity index is 1.85. The largest absolute Gasteiger partial charge is 0.481 e. The number of rotatable bonds is 6. The maximum Gasteiger partial charge on any atom is 0.234 e. The van der Waals surface area contributed by atoms with E-state index in [1.165, 1.54) is 11.3 Å². The minimum absolute atomic E-state index is 0.561. The van der Waals surface area contributed by atoms with Crippen LogP contribution in [0.4, 0.5) is 0 Å². The van der Waals surface area contributed by atoms with Crippen LogP contribution in [-0.2, 0) is 11.4 Å². The van der Waals surface area contributed by atoms with Gasteiger partial charge in [0.15, 0.2) is 16.4 Å². The number of fused-ring (bicyclic) bond motifs is 1. The van der Waals surface area contributed by atoms with E-state index in [0.717, 1.165) is 33.0 Å². The average Bonchev–Trinajstić information content (AvgIpc) is 3.09. The molecule has 122 valence electrons. The monoisotopic (exact) mass is 368 g/mol. The Bertz CT molecular complexity index is 798. The Kier molecular flexibility index (Phi) is 4.79. The van der Waals surface area contributed by atoms with Gasteiger partial charge in [-0.15, -0.1) is 10.2 Å². The molecule has 5 nitrogen and oxygen atoms in total. The van der Waals surface area contributed by atoms with E-state index in [1.54, 1.807) is 11.8 Å². The number of halogens is 1. The Morgan fingerprint density at radius 1 is 1.26 bits per heavy atom. The highest BCUT2D eigenvalue weighted by molar-refractivity contribution is 7.98. The van der Waals surface area contributed by atoms with Gasteiger partial charge in [0.1, 0.15) is 5.75 Å². The smallest absolute Gasteiger partial charge is 0.234 e. The van der Waals surface area contributed by atoms with Crippen LogP contribution >= 0.6 is 34.7 Å². The second-order valence-electron chi connectivity index (χ2n) is 5.42. The molecule has 3 aromatic rings. The third-order valence-electron chi connectivity index (χ3n) is 3.19. The lowest BCUT2D eigenvalue weighted by Crippen LogP contribution is -2.25. The number of hydrogen-bond donors (Lipinski definition) is 0. The van der Waals surface area contributed by atoms with E-state index in [-0.39, 0.29) is 0 Å². The zero-order valence-corrected chi connectivity index (χ0v) is 15.5. The first-order valence-electron chi connectivity index (χ1n) is 7.23. The summed E-state index contributed by atoms with van der Waals surface area (Å²) in [7, 11) is 0. The van der Waals surface area contributed by atoms with Gasteiger partial charge in [-0.1, -0.05) is 29.9 Å². The fraction of sp³-hybridized carbons (Fsp3) is 0.400. The molecular formula is C15H17ClN4OS2. The average molecular weight is 369 g/mol. The highest BCUT2D eigenvalue weighted by atomic mass is 35.5. The summed E-state index contributed by atoms with van der Waals surface area (Å²) in [4.78, 5) is 0.791. The molecule has 0 aliphatic rings. The molecule has 0 atom stereocenters. The Labute approximate surface area is 148 Å². The zero-order chi connectivity index (χ0) is 16.4. The van der Waals surface area contributed by atoms with Gasteiger partial charge in [-0.2, -0.15) is 21.4 Å². The van der Waals surface area contributed by atoms with Crippen LogP contribution < -0.4 is 4.74 Å².